The lowest BCUT2D eigenvalue weighted by Crippen LogP contribution is -2.51. The van der Waals surface area contributed by atoms with E-state index in [9.17, 15) is 4.79 Å². The molecule has 1 amide bonds. The minimum absolute atomic E-state index is 0.138. The molecule has 4 fully saturated rings. The van der Waals surface area contributed by atoms with Crippen LogP contribution in [0.15, 0.2) is 18.2 Å². The maximum atomic E-state index is 12.9. The van der Waals surface area contributed by atoms with E-state index in [-0.39, 0.29) is 11.3 Å². The summed E-state index contributed by atoms with van der Waals surface area (Å²) in [5.41, 5.74) is 7.06. The molecule has 4 saturated carbocycles. The van der Waals surface area contributed by atoms with E-state index in [0.29, 0.717) is 16.4 Å². The number of halogens is 1. The average molecular weight is 305 g/mol. The molecule has 0 aliphatic heterocycles. The molecule has 1 aromatic carbocycles. The van der Waals surface area contributed by atoms with E-state index >= 15 is 0 Å². The van der Waals surface area contributed by atoms with Crippen molar-refractivity contribution in [1.82, 2.24) is 0 Å². The van der Waals surface area contributed by atoms with E-state index in [0.717, 1.165) is 37.0 Å². The number of hydrogen-bond donors (Lipinski definition) is 2. The summed E-state index contributed by atoms with van der Waals surface area (Å²) >= 11 is 5.92. The fraction of sp³-hybridized carbons (Fsp3) is 0.588. The number of nitrogen functional groups attached to an aromatic ring is 1. The molecule has 0 aromatic heterocycles. The quantitative estimate of drug-likeness (QED) is 0.809. The third kappa shape index (κ3) is 2.22. The Labute approximate surface area is 130 Å². The summed E-state index contributed by atoms with van der Waals surface area (Å²) < 4.78 is 0. The second-order valence-corrected chi connectivity index (χ2v) is 7.82. The molecule has 0 atom stereocenters. The molecule has 0 spiro atoms. The van der Waals surface area contributed by atoms with Crippen molar-refractivity contribution in [2.45, 2.75) is 38.5 Å². The average Bonchev–Trinajstić information content (AvgIpc) is 2.40. The Kier molecular flexibility index (Phi) is 2.97. The molecule has 0 heterocycles. The van der Waals surface area contributed by atoms with Crippen LogP contribution in [-0.2, 0) is 4.79 Å². The van der Waals surface area contributed by atoms with Crippen LogP contribution in [0.25, 0.3) is 0 Å². The van der Waals surface area contributed by atoms with Gasteiger partial charge in [0, 0.05) is 5.02 Å². The normalized spacial score (nSPS) is 36.7. The number of hydrogen-bond acceptors (Lipinski definition) is 2. The summed E-state index contributed by atoms with van der Waals surface area (Å²) in [6.07, 6.45) is 7.23. The number of amides is 1. The zero-order valence-electron chi connectivity index (χ0n) is 12.1. The maximum Gasteiger partial charge on any atom is 0.230 e. The highest BCUT2D eigenvalue weighted by molar-refractivity contribution is 6.31. The van der Waals surface area contributed by atoms with Crippen molar-refractivity contribution in [3.8, 4) is 0 Å². The van der Waals surface area contributed by atoms with Gasteiger partial charge in [-0.15, -0.1) is 0 Å². The van der Waals surface area contributed by atoms with Crippen molar-refractivity contribution in [3.05, 3.63) is 23.2 Å². The van der Waals surface area contributed by atoms with Crippen LogP contribution in [0.5, 0.6) is 0 Å². The number of nitrogens with one attached hydrogen (secondary N) is 1. The van der Waals surface area contributed by atoms with Gasteiger partial charge in [-0.1, -0.05) is 11.6 Å². The molecule has 21 heavy (non-hydrogen) atoms. The Morgan fingerprint density at radius 2 is 1.71 bits per heavy atom. The van der Waals surface area contributed by atoms with Gasteiger partial charge in [-0.2, -0.15) is 0 Å². The Bertz CT molecular complexity index is 563. The second-order valence-electron chi connectivity index (χ2n) is 7.38. The Morgan fingerprint density at radius 1 is 1.14 bits per heavy atom. The number of carbonyl (C=O) groups excluding carboxylic acids is 1. The number of anilines is 2. The van der Waals surface area contributed by atoms with Gasteiger partial charge in [-0.05, 0) is 74.5 Å². The van der Waals surface area contributed by atoms with Crippen LogP contribution in [0.1, 0.15) is 38.5 Å². The van der Waals surface area contributed by atoms with Gasteiger partial charge >= 0.3 is 0 Å². The van der Waals surface area contributed by atoms with Crippen LogP contribution >= 0.6 is 11.6 Å². The molecule has 4 aliphatic rings. The van der Waals surface area contributed by atoms with Crippen molar-refractivity contribution in [2.75, 3.05) is 11.1 Å². The molecule has 3 N–H and O–H groups in total. The number of carbonyl (C=O) groups is 1. The molecule has 0 saturated heterocycles. The van der Waals surface area contributed by atoms with Crippen LogP contribution in [0.2, 0.25) is 5.02 Å². The zero-order valence-corrected chi connectivity index (χ0v) is 12.8. The van der Waals surface area contributed by atoms with Crippen molar-refractivity contribution in [2.24, 2.45) is 23.2 Å². The van der Waals surface area contributed by atoms with Gasteiger partial charge in [0.1, 0.15) is 0 Å². The molecule has 112 valence electrons. The van der Waals surface area contributed by atoms with Crippen LogP contribution in [0.4, 0.5) is 11.4 Å². The standard InChI is InChI=1S/C17H21ClN2O/c18-13-1-2-15(14(19)6-13)20-16(21)17-7-10-3-11(8-17)5-12(4-10)9-17/h1-2,6,10-12H,3-5,7-9,19H2,(H,20,21). The van der Waals surface area contributed by atoms with Crippen molar-refractivity contribution in [1.29, 1.82) is 0 Å². The van der Waals surface area contributed by atoms with E-state index in [4.69, 9.17) is 17.3 Å². The summed E-state index contributed by atoms with van der Waals surface area (Å²) in [6.45, 7) is 0. The molecule has 1 aromatic rings. The second kappa shape index (κ2) is 4.64. The van der Waals surface area contributed by atoms with Crippen LogP contribution in [-0.4, -0.2) is 5.91 Å². The molecular weight excluding hydrogens is 284 g/mol. The van der Waals surface area contributed by atoms with Gasteiger partial charge < -0.3 is 11.1 Å². The summed E-state index contributed by atoms with van der Waals surface area (Å²) in [5.74, 6) is 2.48. The molecule has 5 rings (SSSR count). The molecule has 4 bridgehead atoms. The first-order valence-electron chi connectivity index (χ1n) is 7.90. The summed E-state index contributed by atoms with van der Waals surface area (Å²) in [6, 6.07) is 5.26. The predicted molar refractivity (Wildman–Crippen MR) is 85.1 cm³/mol. The lowest BCUT2D eigenvalue weighted by molar-refractivity contribution is -0.140. The summed E-state index contributed by atoms with van der Waals surface area (Å²) in [7, 11) is 0. The van der Waals surface area contributed by atoms with E-state index in [1.165, 1.54) is 19.3 Å². The van der Waals surface area contributed by atoms with E-state index < -0.39 is 0 Å². The first-order valence-corrected chi connectivity index (χ1v) is 8.28. The van der Waals surface area contributed by atoms with Gasteiger partial charge in [0.2, 0.25) is 5.91 Å². The Morgan fingerprint density at radius 3 is 2.24 bits per heavy atom. The lowest BCUT2D eigenvalue weighted by Gasteiger charge is -2.55. The summed E-state index contributed by atoms with van der Waals surface area (Å²) in [4.78, 5) is 12.9. The van der Waals surface area contributed by atoms with Gasteiger partial charge in [0.05, 0.1) is 16.8 Å². The lowest BCUT2D eigenvalue weighted by atomic mass is 9.49. The smallest absolute Gasteiger partial charge is 0.230 e. The van der Waals surface area contributed by atoms with Crippen molar-refractivity contribution < 1.29 is 4.79 Å². The van der Waals surface area contributed by atoms with Gasteiger partial charge in [-0.25, -0.2) is 0 Å². The van der Waals surface area contributed by atoms with E-state index in [2.05, 4.69) is 5.32 Å². The fourth-order valence-corrected chi connectivity index (χ4v) is 5.47. The van der Waals surface area contributed by atoms with Crippen molar-refractivity contribution >= 4 is 28.9 Å². The summed E-state index contributed by atoms with van der Waals surface area (Å²) in [5, 5.41) is 3.67. The van der Waals surface area contributed by atoms with Crippen molar-refractivity contribution in [3.63, 3.8) is 0 Å². The highest BCUT2D eigenvalue weighted by Crippen LogP contribution is 2.60. The highest BCUT2D eigenvalue weighted by Gasteiger charge is 2.54. The number of benzene rings is 1. The van der Waals surface area contributed by atoms with Crippen LogP contribution in [0, 0.1) is 23.2 Å². The minimum atomic E-state index is -0.138. The Balaban J connectivity index is 1.57. The third-order valence-corrected chi connectivity index (χ3v) is 6.02. The van der Waals surface area contributed by atoms with Gasteiger partial charge in [0.15, 0.2) is 0 Å². The highest BCUT2D eigenvalue weighted by atomic mass is 35.5. The third-order valence-electron chi connectivity index (χ3n) is 5.78. The fourth-order valence-electron chi connectivity index (χ4n) is 5.29. The largest absolute Gasteiger partial charge is 0.397 e. The SMILES string of the molecule is Nc1cc(Cl)ccc1NC(=O)C12CC3CC(CC(C3)C1)C2. The van der Waals surface area contributed by atoms with Gasteiger partial charge in [-0.3, -0.25) is 4.79 Å². The predicted octanol–water partition coefficient (Wildman–Crippen LogP) is 4.08. The minimum Gasteiger partial charge on any atom is -0.397 e. The first kappa shape index (κ1) is 13.4. The molecule has 3 nitrogen and oxygen atoms in total. The topological polar surface area (TPSA) is 55.1 Å². The molecule has 0 unspecified atom stereocenters. The van der Waals surface area contributed by atoms with Gasteiger partial charge in [0.25, 0.3) is 0 Å². The number of nitrogens with two attached hydrogens (primary N) is 1. The molecule has 4 heteroatoms. The Hall–Kier alpha value is -1.22. The van der Waals surface area contributed by atoms with Crippen LogP contribution < -0.4 is 11.1 Å². The monoisotopic (exact) mass is 304 g/mol. The van der Waals surface area contributed by atoms with E-state index in [1.54, 1.807) is 18.2 Å². The molecule has 0 radical (unpaired) electrons. The molecule has 4 aliphatic carbocycles. The van der Waals surface area contributed by atoms with Crippen LogP contribution in [0.3, 0.4) is 0 Å². The number of rotatable bonds is 2. The maximum absolute atomic E-state index is 12.9. The van der Waals surface area contributed by atoms with E-state index in [1.807, 2.05) is 0 Å². The zero-order chi connectivity index (χ0) is 14.6. The molecular formula is C17H21ClN2O. The first-order chi connectivity index (χ1) is 10.0.